The Morgan fingerprint density at radius 1 is 0.794 bits per heavy atom. The number of nitriles is 1. The van der Waals surface area contributed by atoms with Gasteiger partial charge in [-0.3, -0.25) is 4.57 Å². The lowest BCUT2D eigenvalue weighted by molar-refractivity contribution is -0.140. The number of benzene rings is 4. The van der Waals surface area contributed by atoms with Crippen LogP contribution in [0, 0.1) is 28.8 Å². The average molecular weight is 467 g/mol. The van der Waals surface area contributed by atoms with Crippen LogP contribution >= 0.6 is 0 Å². The lowest BCUT2D eigenvalue weighted by atomic mass is 10.0. The van der Waals surface area contributed by atoms with Gasteiger partial charge in [0.05, 0.1) is 11.0 Å². The van der Waals surface area contributed by atoms with Crippen molar-refractivity contribution in [1.29, 1.82) is 5.26 Å². The predicted molar refractivity (Wildman–Crippen MR) is 114 cm³/mol. The summed E-state index contributed by atoms with van der Waals surface area (Å²) in [4.78, 5) is 4.35. The molecule has 0 aliphatic rings. The van der Waals surface area contributed by atoms with Gasteiger partial charge in [0.1, 0.15) is 28.7 Å². The number of alkyl halides is 3. The lowest BCUT2D eigenvalue weighted by Crippen LogP contribution is -2.19. The molecule has 5 aromatic rings. The fraction of sp³-hybridized carbons (Fsp3) is 0.0400. The van der Waals surface area contributed by atoms with Gasteiger partial charge in [0, 0.05) is 5.56 Å². The monoisotopic (exact) mass is 467 g/mol. The molecule has 0 saturated carbocycles. The minimum Gasteiger partial charge on any atom is -0.289 e. The van der Waals surface area contributed by atoms with Gasteiger partial charge < -0.3 is 0 Å². The molecule has 9 heteroatoms. The summed E-state index contributed by atoms with van der Waals surface area (Å²) < 4.78 is 87.4. The first kappa shape index (κ1) is 21.5. The van der Waals surface area contributed by atoms with Crippen LogP contribution in [0.5, 0.6) is 0 Å². The van der Waals surface area contributed by atoms with E-state index in [4.69, 9.17) is 5.26 Å². The number of hydrogen-bond acceptors (Lipinski definition) is 2. The van der Waals surface area contributed by atoms with Crippen molar-refractivity contribution in [1.82, 2.24) is 9.55 Å². The van der Waals surface area contributed by atoms with Crippen LogP contribution in [0.15, 0.2) is 66.7 Å². The zero-order valence-electron chi connectivity index (χ0n) is 17.0. The van der Waals surface area contributed by atoms with Crippen molar-refractivity contribution in [3.05, 3.63) is 95.3 Å². The lowest BCUT2D eigenvalue weighted by Gasteiger charge is -2.19. The van der Waals surface area contributed by atoms with E-state index in [0.717, 1.165) is 21.4 Å². The van der Waals surface area contributed by atoms with E-state index in [1.165, 1.54) is 18.2 Å². The van der Waals surface area contributed by atoms with E-state index in [1.54, 1.807) is 36.4 Å². The summed E-state index contributed by atoms with van der Waals surface area (Å²) in [5, 5.41) is 10.5. The summed E-state index contributed by atoms with van der Waals surface area (Å²) in [6.45, 7) is 0. The highest BCUT2D eigenvalue weighted by Gasteiger charge is 2.43. The van der Waals surface area contributed by atoms with Crippen LogP contribution in [0.1, 0.15) is 11.1 Å². The molecule has 0 N–H and O–H groups in total. The first-order chi connectivity index (χ1) is 16.2. The minimum absolute atomic E-state index is 0.00133. The molecule has 0 atom stereocenters. The van der Waals surface area contributed by atoms with Crippen molar-refractivity contribution in [2.45, 2.75) is 6.18 Å². The maximum Gasteiger partial charge on any atom is 0.421 e. The fourth-order valence-corrected chi connectivity index (χ4v) is 3.99. The summed E-state index contributed by atoms with van der Waals surface area (Å²) in [7, 11) is 0. The van der Waals surface area contributed by atoms with Crippen molar-refractivity contribution in [3.8, 4) is 23.1 Å². The number of imidazole rings is 1. The smallest absolute Gasteiger partial charge is 0.289 e. The van der Waals surface area contributed by atoms with E-state index in [2.05, 4.69) is 4.98 Å². The molecule has 1 aromatic heterocycles. The number of nitrogens with zero attached hydrogens (tertiary/aromatic N) is 3. The number of hydrogen-bond donors (Lipinski definition) is 0. The van der Waals surface area contributed by atoms with E-state index in [0.29, 0.717) is 5.56 Å². The number of aromatic nitrogens is 2. The summed E-state index contributed by atoms with van der Waals surface area (Å²) in [6.07, 6.45) is -5.44. The summed E-state index contributed by atoms with van der Waals surface area (Å²) in [6, 6.07) is 19.0. The number of para-hydroxylation sites is 2. The van der Waals surface area contributed by atoms with E-state index in [9.17, 15) is 22.0 Å². The molecular formula is C25H11F6N3. The zero-order chi connectivity index (χ0) is 24.2. The molecule has 0 aliphatic heterocycles. The van der Waals surface area contributed by atoms with Crippen molar-refractivity contribution in [2.24, 2.45) is 0 Å². The topological polar surface area (TPSA) is 41.6 Å². The Kier molecular flexibility index (Phi) is 4.83. The van der Waals surface area contributed by atoms with Gasteiger partial charge in [-0.15, -0.1) is 0 Å². The molecule has 3 nitrogen and oxygen atoms in total. The van der Waals surface area contributed by atoms with Crippen LogP contribution in [0.25, 0.3) is 38.9 Å². The van der Waals surface area contributed by atoms with Crippen LogP contribution in [0.4, 0.5) is 26.3 Å². The van der Waals surface area contributed by atoms with Gasteiger partial charge in [-0.1, -0.05) is 48.5 Å². The summed E-state index contributed by atoms with van der Waals surface area (Å²) in [5.74, 6) is -6.35. The molecule has 168 valence electrons. The predicted octanol–water partition coefficient (Wildman–Crippen LogP) is 7.15. The van der Waals surface area contributed by atoms with Crippen LogP contribution in [-0.2, 0) is 6.18 Å². The number of fused-ring (bicyclic) bond motifs is 2. The van der Waals surface area contributed by atoms with Gasteiger partial charge in [-0.25, -0.2) is 18.2 Å². The Labute approximate surface area is 188 Å². The molecule has 0 spiro atoms. The van der Waals surface area contributed by atoms with Gasteiger partial charge in [-0.2, -0.15) is 18.4 Å². The molecule has 0 aliphatic carbocycles. The normalized spacial score (nSPS) is 11.8. The van der Waals surface area contributed by atoms with Gasteiger partial charge in [0.2, 0.25) is 0 Å². The Balaban J connectivity index is 1.95. The third-order valence-corrected chi connectivity index (χ3v) is 5.48. The molecule has 0 fully saturated rings. The summed E-state index contributed by atoms with van der Waals surface area (Å²) >= 11 is 0. The van der Waals surface area contributed by atoms with E-state index in [-0.39, 0.29) is 16.9 Å². The molecule has 0 amide bonds. The Morgan fingerprint density at radius 3 is 2.18 bits per heavy atom. The quantitative estimate of drug-likeness (QED) is 0.204. The molecule has 0 unspecified atom stereocenters. The molecule has 0 radical (unpaired) electrons. The van der Waals surface area contributed by atoms with Crippen LogP contribution in [0.3, 0.4) is 0 Å². The van der Waals surface area contributed by atoms with Crippen LogP contribution in [-0.4, -0.2) is 9.55 Å². The van der Waals surface area contributed by atoms with Gasteiger partial charge >= 0.3 is 6.18 Å². The van der Waals surface area contributed by atoms with Crippen molar-refractivity contribution in [3.63, 3.8) is 0 Å². The Morgan fingerprint density at radius 2 is 1.47 bits per heavy atom. The highest BCUT2D eigenvalue weighted by atomic mass is 19.4. The first-order valence-electron chi connectivity index (χ1n) is 9.87. The molecule has 0 saturated heterocycles. The second-order valence-electron chi connectivity index (χ2n) is 7.47. The van der Waals surface area contributed by atoms with E-state index < -0.39 is 40.4 Å². The van der Waals surface area contributed by atoms with Gasteiger partial charge in [-0.05, 0) is 29.0 Å². The third-order valence-electron chi connectivity index (χ3n) is 5.48. The highest BCUT2D eigenvalue weighted by molar-refractivity contribution is 5.89. The Bertz CT molecular complexity index is 1640. The van der Waals surface area contributed by atoms with E-state index >= 15 is 4.39 Å². The van der Waals surface area contributed by atoms with Gasteiger partial charge in [0.15, 0.2) is 17.5 Å². The maximum atomic E-state index is 15.2. The second-order valence-corrected chi connectivity index (χ2v) is 7.47. The Hall–Kier alpha value is -4.32. The third kappa shape index (κ3) is 3.18. The summed E-state index contributed by atoms with van der Waals surface area (Å²) in [5.41, 5.74) is -4.66. The first-order valence-corrected chi connectivity index (χ1v) is 9.87. The van der Waals surface area contributed by atoms with Gasteiger partial charge in [0.25, 0.3) is 0 Å². The molecule has 0 bridgehead atoms. The van der Waals surface area contributed by atoms with E-state index in [1.807, 2.05) is 12.1 Å². The van der Waals surface area contributed by atoms with Crippen molar-refractivity contribution < 1.29 is 26.3 Å². The molecule has 4 aromatic carbocycles. The molecule has 1 heterocycles. The molecule has 34 heavy (non-hydrogen) atoms. The largest absolute Gasteiger partial charge is 0.421 e. The maximum absolute atomic E-state index is 15.2. The standard InChI is InChI=1S/C25H11F6N3/c26-20-16(12-32)21(27)22(28)23(19(20)25(29,30)31)34-18-8-4-3-7-17(18)33-24(34)15-10-9-13-5-1-2-6-14(13)11-15/h1-11H. The van der Waals surface area contributed by atoms with Crippen LogP contribution in [0.2, 0.25) is 0 Å². The van der Waals surface area contributed by atoms with Crippen molar-refractivity contribution >= 4 is 21.8 Å². The zero-order valence-corrected chi connectivity index (χ0v) is 17.0. The van der Waals surface area contributed by atoms with Crippen molar-refractivity contribution in [2.75, 3.05) is 0 Å². The number of rotatable bonds is 2. The molecular weight excluding hydrogens is 456 g/mol. The highest BCUT2D eigenvalue weighted by Crippen LogP contribution is 2.42. The number of halogens is 6. The minimum atomic E-state index is -5.44. The SMILES string of the molecule is N#Cc1c(F)c(F)c(-n2c(-c3ccc4ccccc4c3)nc3ccccc32)c(C(F)(F)F)c1F. The molecule has 5 rings (SSSR count). The fourth-order valence-electron chi connectivity index (χ4n) is 3.99. The van der Waals surface area contributed by atoms with Crippen LogP contribution < -0.4 is 0 Å². The second kappa shape index (κ2) is 7.63. The average Bonchev–Trinajstić information content (AvgIpc) is 3.19.